The van der Waals surface area contributed by atoms with Crippen molar-refractivity contribution in [1.29, 1.82) is 0 Å². The lowest BCUT2D eigenvalue weighted by Gasteiger charge is -2.43. The second kappa shape index (κ2) is 12.5. The summed E-state index contributed by atoms with van der Waals surface area (Å²) in [6, 6.07) is 11.1. The first-order valence-electron chi connectivity index (χ1n) is 14.4. The summed E-state index contributed by atoms with van der Waals surface area (Å²) in [6.45, 7) is 4.10. The summed E-state index contributed by atoms with van der Waals surface area (Å²) in [6.07, 6.45) is 3.92. The fraction of sp³-hybridized carbons (Fsp3) is 0.567. The first kappa shape index (κ1) is 30.2. The number of nitrogens with zero attached hydrogens (tertiary/aromatic N) is 3. The molecule has 11 heteroatoms. The summed E-state index contributed by atoms with van der Waals surface area (Å²) in [5.74, 6) is -0.438. The SMILES string of the molecule is CC1(F)CCN(C2CCN(C(=O)OC[C@H]3CCC[C@@H](c4cccc(F)c4)N3S(=O)(=O)c3ccc(Cl)cc3)CC2)CC1. The molecule has 224 valence electrons. The second-order valence-corrected chi connectivity index (χ2v) is 14.0. The number of hydrogen-bond donors (Lipinski definition) is 0. The third-order valence-electron chi connectivity index (χ3n) is 8.78. The first-order chi connectivity index (χ1) is 19.5. The minimum atomic E-state index is -4.02. The molecule has 3 aliphatic heterocycles. The van der Waals surface area contributed by atoms with Crippen molar-refractivity contribution in [2.75, 3.05) is 32.8 Å². The molecule has 0 spiro atoms. The number of rotatable bonds is 6. The van der Waals surface area contributed by atoms with Crippen LogP contribution in [0.3, 0.4) is 0 Å². The van der Waals surface area contributed by atoms with Crippen LogP contribution in [-0.4, -0.2) is 79.2 Å². The summed E-state index contributed by atoms with van der Waals surface area (Å²) < 4.78 is 63.4. The Kier molecular flexibility index (Phi) is 9.23. The highest BCUT2D eigenvalue weighted by molar-refractivity contribution is 7.89. The lowest BCUT2D eigenvalue weighted by atomic mass is 9.92. The number of amides is 1. The number of carbonyl (C=O) groups is 1. The maximum absolute atomic E-state index is 14.2. The number of likely N-dealkylation sites (tertiary alicyclic amines) is 2. The number of benzene rings is 2. The normalized spacial score (nSPS) is 24.7. The van der Waals surface area contributed by atoms with Crippen LogP contribution in [0.25, 0.3) is 0 Å². The van der Waals surface area contributed by atoms with Crippen molar-refractivity contribution in [3.05, 3.63) is 64.9 Å². The Morgan fingerprint density at radius 2 is 1.71 bits per heavy atom. The standard InChI is InChI=1S/C30H38ClF2N3O4S/c1-30(33)14-18-34(19-15-30)25-12-16-35(17-13-25)29(37)40-21-26-6-3-7-28(22-4-2-5-24(32)20-22)36(26)41(38,39)27-10-8-23(31)9-11-27/h2,4-5,8-11,20,25-26,28H,3,6-7,12-19,21H2,1H3/t26-,28+/m1/s1. The number of halogens is 3. The van der Waals surface area contributed by atoms with E-state index in [1.54, 1.807) is 24.0 Å². The molecule has 0 aliphatic carbocycles. The maximum atomic E-state index is 14.2. The molecule has 3 aliphatic rings. The van der Waals surface area contributed by atoms with E-state index in [0.29, 0.717) is 61.8 Å². The molecular formula is C30H38ClF2N3O4S. The minimum absolute atomic E-state index is 0.0781. The predicted octanol–water partition coefficient (Wildman–Crippen LogP) is 6.19. The molecule has 0 saturated carbocycles. The molecule has 3 saturated heterocycles. The summed E-state index contributed by atoms with van der Waals surface area (Å²) >= 11 is 6.01. The fourth-order valence-electron chi connectivity index (χ4n) is 6.36. The van der Waals surface area contributed by atoms with E-state index in [-0.39, 0.29) is 11.5 Å². The maximum Gasteiger partial charge on any atom is 0.409 e. The van der Waals surface area contributed by atoms with E-state index < -0.39 is 39.7 Å². The van der Waals surface area contributed by atoms with Gasteiger partial charge in [0.25, 0.3) is 0 Å². The van der Waals surface area contributed by atoms with Crippen LogP contribution in [0.2, 0.25) is 5.02 Å². The van der Waals surface area contributed by atoms with Gasteiger partial charge in [0.2, 0.25) is 10.0 Å². The fourth-order valence-corrected chi connectivity index (χ4v) is 8.33. The van der Waals surface area contributed by atoms with Crippen LogP contribution < -0.4 is 0 Å². The molecule has 3 fully saturated rings. The molecule has 2 atom stereocenters. The number of ether oxygens (including phenoxy) is 1. The Morgan fingerprint density at radius 3 is 2.37 bits per heavy atom. The average molecular weight is 610 g/mol. The van der Waals surface area contributed by atoms with Crippen molar-refractivity contribution < 1.29 is 26.7 Å². The average Bonchev–Trinajstić information content (AvgIpc) is 2.96. The van der Waals surface area contributed by atoms with Crippen LogP contribution in [0.5, 0.6) is 0 Å². The third kappa shape index (κ3) is 7.04. The van der Waals surface area contributed by atoms with E-state index in [1.165, 1.54) is 40.7 Å². The van der Waals surface area contributed by atoms with Crippen LogP contribution in [-0.2, 0) is 14.8 Å². The molecule has 5 rings (SSSR count). The quantitative estimate of drug-likeness (QED) is 0.391. The van der Waals surface area contributed by atoms with Crippen LogP contribution in [0.15, 0.2) is 53.4 Å². The molecule has 2 aromatic rings. The monoisotopic (exact) mass is 609 g/mol. The van der Waals surface area contributed by atoms with E-state index in [0.717, 1.165) is 25.9 Å². The van der Waals surface area contributed by atoms with Crippen LogP contribution in [0.4, 0.5) is 13.6 Å². The molecule has 2 aromatic carbocycles. The van der Waals surface area contributed by atoms with Gasteiger partial charge in [-0.25, -0.2) is 22.0 Å². The Morgan fingerprint density at radius 1 is 1.02 bits per heavy atom. The zero-order valence-electron chi connectivity index (χ0n) is 23.4. The molecular weight excluding hydrogens is 572 g/mol. The van der Waals surface area contributed by atoms with Gasteiger partial charge in [0.15, 0.2) is 0 Å². The van der Waals surface area contributed by atoms with Gasteiger partial charge < -0.3 is 14.5 Å². The summed E-state index contributed by atoms with van der Waals surface area (Å²) in [4.78, 5) is 17.2. The van der Waals surface area contributed by atoms with Crippen molar-refractivity contribution in [2.45, 2.75) is 80.6 Å². The highest BCUT2D eigenvalue weighted by Gasteiger charge is 2.42. The highest BCUT2D eigenvalue weighted by atomic mass is 35.5. The Bertz CT molecular complexity index is 1310. The van der Waals surface area contributed by atoms with Crippen LogP contribution in [0.1, 0.15) is 63.5 Å². The van der Waals surface area contributed by atoms with Gasteiger partial charge in [0.1, 0.15) is 18.1 Å². The molecule has 3 heterocycles. The van der Waals surface area contributed by atoms with Crippen molar-refractivity contribution in [3.63, 3.8) is 0 Å². The minimum Gasteiger partial charge on any atom is -0.448 e. The van der Waals surface area contributed by atoms with Gasteiger partial charge in [-0.05, 0) is 93.8 Å². The lowest BCUT2D eigenvalue weighted by molar-refractivity contribution is 0.0226. The summed E-state index contributed by atoms with van der Waals surface area (Å²) in [5, 5.41) is 0.416. The zero-order chi connectivity index (χ0) is 29.2. The summed E-state index contributed by atoms with van der Waals surface area (Å²) in [7, 11) is -4.02. The predicted molar refractivity (Wildman–Crippen MR) is 154 cm³/mol. The molecule has 0 unspecified atom stereocenters. The van der Waals surface area contributed by atoms with Crippen molar-refractivity contribution in [2.24, 2.45) is 0 Å². The van der Waals surface area contributed by atoms with Gasteiger partial charge >= 0.3 is 6.09 Å². The molecule has 7 nitrogen and oxygen atoms in total. The number of hydrogen-bond acceptors (Lipinski definition) is 5. The largest absolute Gasteiger partial charge is 0.448 e. The van der Waals surface area contributed by atoms with E-state index in [4.69, 9.17) is 16.3 Å². The molecule has 0 bridgehead atoms. The third-order valence-corrected chi connectivity index (χ3v) is 11.0. The van der Waals surface area contributed by atoms with Gasteiger partial charge in [-0.3, -0.25) is 0 Å². The summed E-state index contributed by atoms with van der Waals surface area (Å²) in [5.41, 5.74) is -0.533. The topological polar surface area (TPSA) is 70.2 Å². The van der Waals surface area contributed by atoms with E-state index in [1.807, 2.05) is 0 Å². The van der Waals surface area contributed by atoms with Crippen molar-refractivity contribution in [1.82, 2.24) is 14.1 Å². The van der Waals surface area contributed by atoms with Gasteiger partial charge in [-0.1, -0.05) is 23.7 Å². The van der Waals surface area contributed by atoms with Crippen molar-refractivity contribution in [3.8, 4) is 0 Å². The number of alkyl halides is 1. The van der Waals surface area contributed by atoms with Crippen molar-refractivity contribution >= 4 is 27.7 Å². The molecule has 1 amide bonds. The molecule has 41 heavy (non-hydrogen) atoms. The van der Waals surface area contributed by atoms with E-state index in [9.17, 15) is 22.0 Å². The van der Waals surface area contributed by atoms with E-state index >= 15 is 0 Å². The lowest BCUT2D eigenvalue weighted by Crippen LogP contribution is -2.51. The smallest absolute Gasteiger partial charge is 0.409 e. The zero-order valence-corrected chi connectivity index (χ0v) is 24.9. The van der Waals surface area contributed by atoms with Gasteiger partial charge in [0.05, 0.1) is 17.0 Å². The van der Waals surface area contributed by atoms with Crippen LogP contribution >= 0.6 is 11.6 Å². The number of sulfonamides is 1. The second-order valence-electron chi connectivity index (χ2n) is 11.7. The van der Waals surface area contributed by atoms with Gasteiger partial charge in [0, 0.05) is 37.2 Å². The van der Waals surface area contributed by atoms with E-state index in [2.05, 4.69) is 4.90 Å². The Balaban J connectivity index is 1.27. The molecule has 0 aromatic heterocycles. The Labute approximate surface area is 246 Å². The number of piperidine rings is 3. The molecule has 0 N–H and O–H groups in total. The first-order valence-corrected chi connectivity index (χ1v) is 16.2. The van der Waals surface area contributed by atoms with Crippen LogP contribution in [0, 0.1) is 5.82 Å². The number of carbonyl (C=O) groups excluding carboxylic acids is 1. The van der Waals surface area contributed by atoms with Gasteiger partial charge in [-0.2, -0.15) is 4.31 Å². The highest BCUT2D eigenvalue weighted by Crippen LogP contribution is 2.39. The molecule has 0 radical (unpaired) electrons. The Hall–Kier alpha value is -2.27. The van der Waals surface area contributed by atoms with Gasteiger partial charge in [-0.15, -0.1) is 0 Å².